The van der Waals surface area contributed by atoms with Crippen LogP contribution >= 0.6 is 12.4 Å². The monoisotopic (exact) mass is 423 g/mol. The zero-order chi connectivity index (χ0) is 19.8. The number of rotatable bonds is 5. The summed E-state index contributed by atoms with van der Waals surface area (Å²) in [6.45, 7) is 3.54. The number of piperidine rings is 1. The second-order valence-electron chi connectivity index (χ2n) is 8.07. The van der Waals surface area contributed by atoms with E-state index in [1.165, 1.54) is 21.4 Å². The summed E-state index contributed by atoms with van der Waals surface area (Å²) in [5.74, 6) is 0.297. The van der Waals surface area contributed by atoms with Gasteiger partial charge < -0.3 is 9.88 Å². The van der Waals surface area contributed by atoms with Gasteiger partial charge in [-0.2, -0.15) is 0 Å². The highest BCUT2D eigenvalue weighted by molar-refractivity contribution is 6.21. The van der Waals surface area contributed by atoms with E-state index in [0.717, 1.165) is 38.9 Å². The minimum Gasteiger partial charge on any atom is -0.361 e. The number of nitrogens with zero attached hydrogens (tertiary/aromatic N) is 2. The van der Waals surface area contributed by atoms with Crippen molar-refractivity contribution in [1.29, 1.82) is 0 Å². The van der Waals surface area contributed by atoms with Gasteiger partial charge in [-0.05, 0) is 68.6 Å². The number of aromatic amines is 1. The van der Waals surface area contributed by atoms with Crippen molar-refractivity contribution < 1.29 is 9.59 Å². The predicted molar refractivity (Wildman–Crippen MR) is 120 cm³/mol. The lowest BCUT2D eigenvalue weighted by Crippen LogP contribution is -2.37. The third-order valence-corrected chi connectivity index (χ3v) is 6.38. The highest BCUT2D eigenvalue weighted by atomic mass is 35.5. The third-order valence-electron chi connectivity index (χ3n) is 6.38. The molecule has 0 unspecified atom stereocenters. The normalized spacial score (nSPS) is 17.4. The lowest BCUT2D eigenvalue weighted by Gasteiger charge is -2.32. The summed E-state index contributed by atoms with van der Waals surface area (Å²) in [6.07, 6.45) is 5.29. The van der Waals surface area contributed by atoms with Crippen LogP contribution in [-0.2, 0) is 0 Å². The fourth-order valence-corrected chi connectivity index (χ4v) is 4.79. The van der Waals surface area contributed by atoms with Crippen LogP contribution < -0.4 is 0 Å². The van der Waals surface area contributed by atoms with E-state index in [9.17, 15) is 9.59 Å². The van der Waals surface area contributed by atoms with Gasteiger partial charge in [0.15, 0.2) is 0 Å². The number of carbonyl (C=O) groups is 2. The Kier molecular flexibility index (Phi) is 5.93. The Balaban J connectivity index is 0.00000218. The molecule has 1 saturated heterocycles. The molecule has 0 radical (unpaired) electrons. The van der Waals surface area contributed by atoms with E-state index in [-0.39, 0.29) is 24.2 Å². The molecule has 1 aromatic heterocycles. The highest BCUT2D eigenvalue weighted by Crippen LogP contribution is 2.33. The van der Waals surface area contributed by atoms with Crippen molar-refractivity contribution in [3.8, 4) is 0 Å². The van der Waals surface area contributed by atoms with Crippen LogP contribution in [0.1, 0.15) is 51.5 Å². The summed E-state index contributed by atoms with van der Waals surface area (Å²) in [4.78, 5) is 32.2. The Labute approximate surface area is 182 Å². The second-order valence-corrected chi connectivity index (χ2v) is 8.07. The van der Waals surface area contributed by atoms with Crippen LogP contribution in [0.15, 0.2) is 54.7 Å². The van der Waals surface area contributed by atoms with Gasteiger partial charge in [0.05, 0.1) is 11.1 Å². The van der Waals surface area contributed by atoms with Crippen LogP contribution in [-0.4, -0.2) is 52.8 Å². The average molecular weight is 424 g/mol. The molecule has 156 valence electrons. The number of para-hydroxylation sites is 1. The number of fused-ring (bicyclic) bond motifs is 2. The summed E-state index contributed by atoms with van der Waals surface area (Å²) in [5.41, 5.74) is 3.73. The number of nitrogens with one attached hydrogen (secondary N) is 1. The van der Waals surface area contributed by atoms with Gasteiger partial charge in [0.1, 0.15) is 0 Å². The van der Waals surface area contributed by atoms with Gasteiger partial charge in [0, 0.05) is 23.6 Å². The quantitative estimate of drug-likeness (QED) is 0.616. The van der Waals surface area contributed by atoms with Crippen molar-refractivity contribution in [2.45, 2.75) is 25.2 Å². The molecular formula is C24H26ClN3O2. The Morgan fingerprint density at radius 2 is 1.50 bits per heavy atom. The molecule has 2 aliphatic heterocycles. The zero-order valence-corrected chi connectivity index (χ0v) is 17.7. The number of hydrogen-bond acceptors (Lipinski definition) is 3. The first-order valence-corrected chi connectivity index (χ1v) is 10.5. The Bertz CT molecular complexity index is 1030. The van der Waals surface area contributed by atoms with Crippen LogP contribution in [0.4, 0.5) is 0 Å². The van der Waals surface area contributed by atoms with Gasteiger partial charge in [-0.25, -0.2) is 0 Å². The molecule has 0 aliphatic carbocycles. The summed E-state index contributed by atoms with van der Waals surface area (Å²) >= 11 is 0. The lowest BCUT2D eigenvalue weighted by molar-refractivity contribution is 0.0645. The maximum atomic E-state index is 12.5. The first-order chi connectivity index (χ1) is 14.2. The van der Waals surface area contributed by atoms with Crippen molar-refractivity contribution in [3.63, 3.8) is 0 Å². The molecular weight excluding hydrogens is 398 g/mol. The van der Waals surface area contributed by atoms with Gasteiger partial charge in [0.2, 0.25) is 0 Å². The Morgan fingerprint density at radius 1 is 0.867 bits per heavy atom. The van der Waals surface area contributed by atoms with E-state index in [1.54, 1.807) is 12.1 Å². The lowest BCUT2D eigenvalue weighted by atomic mass is 9.89. The standard InChI is InChI=1S/C24H25N3O2.ClH/c28-23-19-7-1-2-8-20(19)24(29)27(23)13-5-12-26-14-10-17(11-15-26)21-16-25-22-9-4-3-6-18(21)22;/h1-4,6-9,16-17,25H,5,10-15H2;1H. The summed E-state index contributed by atoms with van der Waals surface area (Å²) in [7, 11) is 0. The van der Waals surface area contributed by atoms with Crippen molar-refractivity contribution in [2.24, 2.45) is 0 Å². The third kappa shape index (κ3) is 3.64. The predicted octanol–water partition coefficient (Wildman–Crippen LogP) is 4.46. The van der Waals surface area contributed by atoms with Gasteiger partial charge in [-0.3, -0.25) is 14.5 Å². The molecule has 5 rings (SSSR count). The van der Waals surface area contributed by atoms with Crippen LogP contribution in [0, 0.1) is 0 Å². The van der Waals surface area contributed by atoms with Gasteiger partial charge in [-0.15, -0.1) is 12.4 Å². The van der Waals surface area contributed by atoms with Crippen molar-refractivity contribution >= 4 is 35.1 Å². The number of hydrogen-bond donors (Lipinski definition) is 1. The molecule has 0 bridgehead atoms. The molecule has 2 amide bonds. The number of aromatic nitrogens is 1. The van der Waals surface area contributed by atoms with Crippen LogP contribution in [0.3, 0.4) is 0 Å². The van der Waals surface area contributed by atoms with Crippen LogP contribution in [0.5, 0.6) is 0 Å². The number of H-pyrrole nitrogens is 1. The second kappa shape index (κ2) is 8.62. The molecule has 6 heteroatoms. The van der Waals surface area contributed by atoms with Crippen LogP contribution in [0.25, 0.3) is 10.9 Å². The molecule has 2 aromatic carbocycles. The first-order valence-electron chi connectivity index (χ1n) is 10.5. The van der Waals surface area contributed by atoms with Crippen molar-refractivity contribution in [1.82, 2.24) is 14.8 Å². The van der Waals surface area contributed by atoms with Crippen molar-refractivity contribution in [3.05, 3.63) is 71.4 Å². The fraction of sp³-hybridized carbons (Fsp3) is 0.333. The fourth-order valence-electron chi connectivity index (χ4n) is 4.79. The molecule has 0 spiro atoms. The minimum atomic E-state index is -0.149. The molecule has 30 heavy (non-hydrogen) atoms. The topological polar surface area (TPSA) is 56.4 Å². The average Bonchev–Trinajstić information content (AvgIpc) is 3.30. The van der Waals surface area contributed by atoms with E-state index >= 15 is 0 Å². The van der Waals surface area contributed by atoms with Crippen LogP contribution in [0.2, 0.25) is 0 Å². The number of carbonyl (C=O) groups excluding carboxylic acids is 2. The van der Waals surface area contributed by atoms with Gasteiger partial charge >= 0.3 is 0 Å². The molecule has 0 saturated carbocycles. The van der Waals surface area contributed by atoms with Crippen molar-refractivity contribution in [2.75, 3.05) is 26.2 Å². The molecule has 1 N–H and O–H groups in total. The van der Waals surface area contributed by atoms with E-state index < -0.39 is 0 Å². The van der Waals surface area contributed by atoms with Gasteiger partial charge in [0.25, 0.3) is 11.8 Å². The van der Waals surface area contributed by atoms with E-state index in [1.807, 2.05) is 12.1 Å². The highest BCUT2D eigenvalue weighted by Gasteiger charge is 2.34. The maximum Gasteiger partial charge on any atom is 0.261 e. The number of likely N-dealkylation sites (tertiary alicyclic amines) is 1. The Hall–Kier alpha value is -2.63. The number of imide groups is 1. The summed E-state index contributed by atoms with van der Waals surface area (Å²) < 4.78 is 0. The molecule has 3 aromatic rings. The van der Waals surface area contributed by atoms with Gasteiger partial charge in [-0.1, -0.05) is 30.3 Å². The SMILES string of the molecule is Cl.O=C1c2ccccc2C(=O)N1CCCN1CCC(c2c[nH]c3ccccc23)CC1. The molecule has 1 fully saturated rings. The first kappa shape index (κ1) is 20.6. The zero-order valence-electron chi connectivity index (χ0n) is 16.8. The maximum absolute atomic E-state index is 12.5. The number of amides is 2. The smallest absolute Gasteiger partial charge is 0.261 e. The molecule has 2 aliphatic rings. The Morgan fingerprint density at radius 3 is 2.20 bits per heavy atom. The van der Waals surface area contributed by atoms with E-state index in [0.29, 0.717) is 23.6 Å². The number of benzene rings is 2. The van der Waals surface area contributed by atoms with E-state index in [2.05, 4.69) is 40.3 Å². The number of halogens is 1. The largest absolute Gasteiger partial charge is 0.361 e. The summed E-state index contributed by atoms with van der Waals surface area (Å²) in [6, 6.07) is 15.6. The minimum absolute atomic E-state index is 0. The summed E-state index contributed by atoms with van der Waals surface area (Å²) in [5, 5.41) is 1.34. The molecule has 0 atom stereocenters. The van der Waals surface area contributed by atoms with E-state index in [4.69, 9.17) is 0 Å². The molecule has 3 heterocycles. The molecule has 5 nitrogen and oxygen atoms in total.